The molecule has 1 atom stereocenters. The molecule has 8 heteroatoms. The average Bonchev–Trinajstić information content (AvgIpc) is 2.93. The molecular weight excluding hydrogens is 323 g/mol. The highest BCUT2D eigenvalue weighted by Gasteiger charge is 2.32. The summed E-state index contributed by atoms with van der Waals surface area (Å²) in [5.41, 5.74) is 4.95. The minimum atomic E-state index is -4.45. The number of benzene rings is 1. The maximum atomic E-state index is 12.5. The van der Waals surface area contributed by atoms with E-state index >= 15 is 0 Å². The van der Waals surface area contributed by atoms with E-state index in [1.54, 1.807) is 11.4 Å². The first-order valence-corrected chi connectivity index (χ1v) is 8.34. The summed E-state index contributed by atoms with van der Waals surface area (Å²) in [7, 11) is -3.70. The van der Waals surface area contributed by atoms with Gasteiger partial charge in [-0.2, -0.15) is 13.2 Å². The van der Waals surface area contributed by atoms with Gasteiger partial charge in [0, 0.05) is 6.54 Å². The Balaban J connectivity index is 2.39. The molecule has 2 rings (SSSR count). The third-order valence-corrected chi connectivity index (χ3v) is 6.53. The summed E-state index contributed by atoms with van der Waals surface area (Å²) in [6, 6.07) is 7.09. The van der Waals surface area contributed by atoms with Crippen LogP contribution < -0.4 is 5.73 Å². The van der Waals surface area contributed by atoms with Crippen LogP contribution in [0.5, 0.6) is 0 Å². The van der Waals surface area contributed by atoms with Gasteiger partial charge in [0.05, 0.1) is 5.56 Å². The van der Waals surface area contributed by atoms with Crippen molar-refractivity contribution < 1.29 is 21.6 Å². The monoisotopic (exact) mass is 335 g/mol. The van der Waals surface area contributed by atoms with Gasteiger partial charge in [0.15, 0.2) is 9.84 Å². The molecule has 0 unspecified atom stereocenters. The lowest BCUT2D eigenvalue weighted by molar-refractivity contribution is -0.137. The number of rotatable bonds is 4. The van der Waals surface area contributed by atoms with E-state index in [1.165, 1.54) is 6.07 Å². The lowest BCUT2D eigenvalue weighted by atomic mass is 10.1. The van der Waals surface area contributed by atoms with Crippen LogP contribution in [-0.4, -0.2) is 15.0 Å². The number of halogens is 3. The Hall–Kier alpha value is -1.38. The third kappa shape index (κ3) is 3.28. The van der Waals surface area contributed by atoms with Crippen molar-refractivity contribution >= 4 is 21.2 Å². The largest absolute Gasteiger partial charge is 0.416 e. The van der Waals surface area contributed by atoms with Crippen LogP contribution in [0.3, 0.4) is 0 Å². The smallest absolute Gasteiger partial charge is 0.329 e. The van der Waals surface area contributed by atoms with Gasteiger partial charge in [-0.3, -0.25) is 0 Å². The molecular formula is C13H12F3NO2S2. The van der Waals surface area contributed by atoms with E-state index in [9.17, 15) is 21.6 Å². The second-order valence-corrected chi connectivity index (χ2v) is 7.63. The van der Waals surface area contributed by atoms with Gasteiger partial charge < -0.3 is 5.73 Å². The summed E-state index contributed by atoms with van der Waals surface area (Å²) in [6.45, 7) is -0.203. The minimum Gasteiger partial charge on any atom is -0.329 e. The quantitative estimate of drug-likeness (QED) is 0.933. The molecule has 0 radical (unpaired) electrons. The van der Waals surface area contributed by atoms with Crippen molar-refractivity contribution in [2.24, 2.45) is 5.73 Å². The summed E-state index contributed by atoms with van der Waals surface area (Å²) in [5.74, 6) is 0. The zero-order chi connectivity index (χ0) is 15.7. The molecule has 1 aromatic carbocycles. The molecule has 1 aromatic heterocycles. The van der Waals surface area contributed by atoms with E-state index in [1.807, 2.05) is 0 Å². The van der Waals surface area contributed by atoms with Gasteiger partial charge in [-0.1, -0.05) is 18.2 Å². The number of nitrogens with two attached hydrogens (primary N) is 1. The summed E-state index contributed by atoms with van der Waals surface area (Å²) < 4.78 is 62.5. The Labute approximate surface area is 124 Å². The normalized spacial score (nSPS) is 14.1. The predicted octanol–water partition coefficient (Wildman–Crippen LogP) is 3.24. The standard InChI is InChI=1S/C13H12F3NO2S2/c14-13(15,16)10-5-3-9(4-6-10)11(8-17)21(18,19)12-2-1-7-20-12/h1-7,11H,8,17H2/t11-/m1/s1. The number of hydrogen-bond donors (Lipinski definition) is 1. The lowest BCUT2D eigenvalue weighted by Crippen LogP contribution is -2.21. The highest BCUT2D eigenvalue weighted by Crippen LogP contribution is 2.33. The van der Waals surface area contributed by atoms with E-state index in [0.29, 0.717) is 0 Å². The molecule has 0 saturated heterocycles. The maximum Gasteiger partial charge on any atom is 0.416 e. The molecule has 0 amide bonds. The molecule has 114 valence electrons. The maximum absolute atomic E-state index is 12.5. The molecule has 1 heterocycles. The van der Waals surface area contributed by atoms with E-state index in [2.05, 4.69) is 0 Å². The van der Waals surface area contributed by atoms with E-state index < -0.39 is 26.8 Å². The van der Waals surface area contributed by atoms with Crippen LogP contribution in [0.15, 0.2) is 46.0 Å². The second-order valence-electron chi connectivity index (χ2n) is 4.32. The van der Waals surface area contributed by atoms with Gasteiger partial charge in [-0.05, 0) is 29.1 Å². The van der Waals surface area contributed by atoms with Crippen LogP contribution in [0.4, 0.5) is 13.2 Å². The fourth-order valence-corrected chi connectivity index (χ4v) is 4.71. The molecule has 0 aliphatic heterocycles. The number of hydrogen-bond acceptors (Lipinski definition) is 4. The topological polar surface area (TPSA) is 60.2 Å². The van der Waals surface area contributed by atoms with Gasteiger partial charge >= 0.3 is 6.18 Å². The predicted molar refractivity (Wildman–Crippen MR) is 74.7 cm³/mol. The molecule has 0 aliphatic carbocycles. The van der Waals surface area contributed by atoms with Crippen LogP contribution in [-0.2, 0) is 16.0 Å². The molecule has 0 spiro atoms. The van der Waals surface area contributed by atoms with E-state index in [4.69, 9.17) is 5.73 Å². The Morgan fingerprint density at radius 2 is 1.76 bits per heavy atom. The van der Waals surface area contributed by atoms with E-state index in [-0.39, 0.29) is 16.3 Å². The van der Waals surface area contributed by atoms with Gasteiger partial charge in [0.2, 0.25) is 0 Å². The fourth-order valence-electron chi connectivity index (χ4n) is 1.89. The molecule has 21 heavy (non-hydrogen) atoms. The fraction of sp³-hybridized carbons (Fsp3) is 0.231. The second kappa shape index (κ2) is 5.78. The molecule has 0 bridgehead atoms. The Bertz CT molecular complexity index is 692. The van der Waals surface area contributed by atoms with Gasteiger partial charge in [0.1, 0.15) is 9.46 Å². The average molecular weight is 335 g/mol. The van der Waals surface area contributed by atoms with Gasteiger partial charge in [-0.25, -0.2) is 8.42 Å². The Morgan fingerprint density at radius 3 is 2.19 bits per heavy atom. The Morgan fingerprint density at radius 1 is 1.14 bits per heavy atom. The van der Waals surface area contributed by atoms with Crippen LogP contribution in [0.25, 0.3) is 0 Å². The van der Waals surface area contributed by atoms with Crippen LogP contribution in [0, 0.1) is 0 Å². The number of alkyl halides is 3. The van der Waals surface area contributed by atoms with Crippen molar-refractivity contribution in [1.82, 2.24) is 0 Å². The molecule has 0 saturated carbocycles. The summed E-state index contributed by atoms with van der Waals surface area (Å²) in [6.07, 6.45) is -4.45. The lowest BCUT2D eigenvalue weighted by Gasteiger charge is -2.16. The van der Waals surface area contributed by atoms with Crippen molar-refractivity contribution in [2.45, 2.75) is 15.6 Å². The third-order valence-electron chi connectivity index (χ3n) is 2.97. The van der Waals surface area contributed by atoms with E-state index in [0.717, 1.165) is 35.6 Å². The molecule has 0 fully saturated rings. The summed E-state index contributed by atoms with van der Waals surface area (Å²) in [4.78, 5) is 0. The first-order chi connectivity index (χ1) is 9.76. The number of sulfone groups is 1. The SMILES string of the molecule is NC[C@H](c1ccc(C(F)(F)F)cc1)S(=O)(=O)c1cccs1. The van der Waals surface area contributed by atoms with Crippen LogP contribution in [0.2, 0.25) is 0 Å². The zero-order valence-corrected chi connectivity index (χ0v) is 12.3. The van der Waals surface area contributed by atoms with Crippen molar-refractivity contribution in [1.29, 1.82) is 0 Å². The molecule has 2 N–H and O–H groups in total. The highest BCUT2D eigenvalue weighted by molar-refractivity contribution is 7.93. The zero-order valence-electron chi connectivity index (χ0n) is 10.7. The number of thiophene rings is 1. The molecule has 3 nitrogen and oxygen atoms in total. The highest BCUT2D eigenvalue weighted by atomic mass is 32.2. The van der Waals surface area contributed by atoms with Crippen LogP contribution in [0.1, 0.15) is 16.4 Å². The molecule has 2 aromatic rings. The molecule has 0 aliphatic rings. The van der Waals surface area contributed by atoms with Crippen molar-refractivity contribution in [3.63, 3.8) is 0 Å². The van der Waals surface area contributed by atoms with Crippen molar-refractivity contribution in [3.8, 4) is 0 Å². The van der Waals surface area contributed by atoms with Gasteiger partial charge in [-0.15, -0.1) is 11.3 Å². The first kappa shape index (κ1) is 16.0. The summed E-state index contributed by atoms with van der Waals surface area (Å²) in [5, 5.41) is 0.561. The van der Waals surface area contributed by atoms with Gasteiger partial charge in [0.25, 0.3) is 0 Å². The Kier molecular flexibility index (Phi) is 4.40. The summed E-state index contributed by atoms with van der Waals surface area (Å²) >= 11 is 1.05. The first-order valence-electron chi connectivity index (χ1n) is 5.91. The van der Waals surface area contributed by atoms with Crippen molar-refractivity contribution in [2.75, 3.05) is 6.54 Å². The minimum absolute atomic E-state index is 0.151. The van der Waals surface area contributed by atoms with Crippen LogP contribution >= 0.6 is 11.3 Å². The van der Waals surface area contributed by atoms with Crippen molar-refractivity contribution in [3.05, 3.63) is 52.9 Å².